The fraction of sp³-hybridized carbons (Fsp3) is 0.360. The predicted octanol–water partition coefficient (Wildman–Crippen LogP) is 6.98. The van der Waals surface area contributed by atoms with Gasteiger partial charge in [-0.05, 0) is 54.3 Å². The number of hydrogen-bond acceptors (Lipinski definition) is 2. The molecule has 186 valence electrons. The van der Waals surface area contributed by atoms with Crippen molar-refractivity contribution in [1.82, 2.24) is 14.5 Å². The van der Waals surface area contributed by atoms with E-state index in [1.807, 2.05) is 0 Å². The second-order valence-electron chi connectivity index (χ2n) is 8.55. The lowest BCUT2D eigenvalue weighted by Crippen LogP contribution is -2.34. The average molecular weight is 495 g/mol. The van der Waals surface area contributed by atoms with Gasteiger partial charge in [0.1, 0.15) is 5.69 Å². The van der Waals surface area contributed by atoms with Crippen molar-refractivity contribution in [3.63, 3.8) is 0 Å². The van der Waals surface area contributed by atoms with Gasteiger partial charge in [0.25, 0.3) is 5.91 Å². The molecule has 0 N–H and O–H groups in total. The van der Waals surface area contributed by atoms with Crippen LogP contribution in [-0.2, 0) is 12.4 Å². The Labute approximate surface area is 198 Å². The van der Waals surface area contributed by atoms with Crippen LogP contribution in [0.2, 0.25) is 0 Å². The average Bonchev–Trinajstić information content (AvgIpc) is 3.27. The minimum absolute atomic E-state index is 0.103. The van der Waals surface area contributed by atoms with E-state index in [4.69, 9.17) is 0 Å². The van der Waals surface area contributed by atoms with E-state index in [1.165, 1.54) is 36.8 Å². The molecule has 1 amide bonds. The molecular formula is C25H23F6N3O. The Morgan fingerprint density at radius 2 is 1.29 bits per heavy atom. The smallest absolute Gasteiger partial charge is 0.337 e. The molecule has 1 aliphatic rings. The molecule has 35 heavy (non-hydrogen) atoms. The Morgan fingerprint density at radius 1 is 0.743 bits per heavy atom. The van der Waals surface area contributed by atoms with Gasteiger partial charge in [0.2, 0.25) is 0 Å². The van der Waals surface area contributed by atoms with E-state index in [9.17, 15) is 31.1 Å². The summed E-state index contributed by atoms with van der Waals surface area (Å²) >= 11 is 0. The highest BCUT2D eigenvalue weighted by molar-refractivity contribution is 5.93. The second kappa shape index (κ2) is 9.75. The molecule has 0 bridgehead atoms. The van der Waals surface area contributed by atoms with Crippen molar-refractivity contribution in [3.8, 4) is 16.8 Å². The largest absolute Gasteiger partial charge is 0.416 e. The summed E-state index contributed by atoms with van der Waals surface area (Å²) in [5.41, 5.74) is -1.91. The minimum Gasteiger partial charge on any atom is -0.337 e. The van der Waals surface area contributed by atoms with E-state index in [-0.39, 0.29) is 23.1 Å². The van der Waals surface area contributed by atoms with Crippen molar-refractivity contribution in [2.75, 3.05) is 13.1 Å². The van der Waals surface area contributed by atoms with Crippen LogP contribution >= 0.6 is 0 Å². The van der Waals surface area contributed by atoms with Crippen LogP contribution in [0, 0.1) is 0 Å². The van der Waals surface area contributed by atoms with Crippen molar-refractivity contribution < 1.29 is 31.1 Å². The number of nitrogens with zero attached hydrogens (tertiary/aromatic N) is 3. The number of alkyl halides is 6. The van der Waals surface area contributed by atoms with Crippen LogP contribution in [0.4, 0.5) is 26.3 Å². The van der Waals surface area contributed by atoms with Gasteiger partial charge in [0, 0.05) is 18.8 Å². The fourth-order valence-corrected chi connectivity index (χ4v) is 4.21. The minimum atomic E-state index is -4.92. The number of likely N-dealkylation sites (tertiary alicyclic amines) is 1. The van der Waals surface area contributed by atoms with Crippen LogP contribution < -0.4 is 0 Å². The first-order valence-electron chi connectivity index (χ1n) is 11.3. The molecule has 0 atom stereocenters. The molecule has 0 radical (unpaired) electrons. The normalized spacial score (nSPS) is 15.5. The predicted molar refractivity (Wildman–Crippen MR) is 118 cm³/mol. The zero-order valence-corrected chi connectivity index (χ0v) is 18.7. The molecule has 1 saturated heterocycles. The Kier molecular flexibility index (Phi) is 6.91. The SMILES string of the molecule is O=C(c1cncn1-c1ccc(-c2cc(C(F)(F)F)cc(C(F)(F)F)c2)cc1)N1CCCCCCC1. The number of carbonyl (C=O) groups excluding carboxylic acids is 1. The molecule has 10 heteroatoms. The topological polar surface area (TPSA) is 38.1 Å². The molecule has 1 fully saturated rings. The lowest BCUT2D eigenvalue weighted by Gasteiger charge is -2.25. The Bertz CT molecular complexity index is 1140. The van der Waals surface area contributed by atoms with Gasteiger partial charge < -0.3 is 4.90 Å². The van der Waals surface area contributed by atoms with Crippen molar-refractivity contribution in [2.24, 2.45) is 0 Å². The Morgan fingerprint density at radius 3 is 1.83 bits per heavy atom. The van der Waals surface area contributed by atoms with Crippen LogP contribution in [0.3, 0.4) is 0 Å². The van der Waals surface area contributed by atoms with Crippen LogP contribution in [0.5, 0.6) is 0 Å². The van der Waals surface area contributed by atoms with Crippen LogP contribution in [0.1, 0.15) is 53.7 Å². The Hall–Kier alpha value is -3.30. The second-order valence-corrected chi connectivity index (χ2v) is 8.55. The third kappa shape index (κ3) is 5.68. The third-order valence-corrected chi connectivity index (χ3v) is 6.07. The highest BCUT2D eigenvalue weighted by Crippen LogP contribution is 2.38. The van der Waals surface area contributed by atoms with E-state index >= 15 is 0 Å². The maximum Gasteiger partial charge on any atom is 0.416 e. The van der Waals surface area contributed by atoms with Crippen LogP contribution in [0.25, 0.3) is 16.8 Å². The first kappa shape index (κ1) is 24.8. The molecule has 4 rings (SSSR count). The monoisotopic (exact) mass is 495 g/mol. The van der Waals surface area contributed by atoms with Gasteiger partial charge in [-0.25, -0.2) is 4.98 Å². The quantitative estimate of drug-likeness (QED) is 0.368. The van der Waals surface area contributed by atoms with Crippen molar-refractivity contribution in [1.29, 1.82) is 0 Å². The molecule has 2 heterocycles. The summed E-state index contributed by atoms with van der Waals surface area (Å²) in [7, 11) is 0. The van der Waals surface area contributed by atoms with E-state index < -0.39 is 23.5 Å². The summed E-state index contributed by atoms with van der Waals surface area (Å²) in [6.07, 6.45) is -1.80. The summed E-state index contributed by atoms with van der Waals surface area (Å²) in [5, 5.41) is 0. The molecule has 0 aliphatic carbocycles. The summed E-state index contributed by atoms with van der Waals surface area (Å²) in [6.45, 7) is 1.31. The Balaban J connectivity index is 1.64. The van der Waals surface area contributed by atoms with Gasteiger partial charge in [-0.3, -0.25) is 9.36 Å². The number of benzene rings is 2. The standard InChI is InChI=1S/C25H23F6N3O/c26-24(27,28)19-12-18(13-20(14-19)25(29,30)31)17-6-8-21(9-7-17)34-16-32-15-22(34)23(35)33-10-4-2-1-3-5-11-33/h6-9,12-16H,1-5,10-11H2. The van der Waals surface area contributed by atoms with Crippen molar-refractivity contribution in [2.45, 2.75) is 44.5 Å². The van der Waals surface area contributed by atoms with E-state index in [0.717, 1.165) is 32.1 Å². The molecule has 1 aliphatic heterocycles. The van der Waals surface area contributed by atoms with Crippen LogP contribution in [-0.4, -0.2) is 33.4 Å². The zero-order chi connectivity index (χ0) is 25.2. The molecule has 2 aromatic carbocycles. The third-order valence-electron chi connectivity index (χ3n) is 6.07. The molecule has 1 aromatic heterocycles. The number of hydrogen-bond donors (Lipinski definition) is 0. The summed E-state index contributed by atoms with van der Waals surface area (Å²) in [6, 6.07) is 7.41. The number of amides is 1. The summed E-state index contributed by atoms with van der Waals surface area (Å²) in [5.74, 6) is -0.166. The lowest BCUT2D eigenvalue weighted by atomic mass is 9.99. The molecule has 4 nitrogen and oxygen atoms in total. The molecule has 0 saturated carbocycles. The molecular weight excluding hydrogens is 472 g/mol. The molecule has 0 spiro atoms. The lowest BCUT2D eigenvalue weighted by molar-refractivity contribution is -0.143. The highest BCUT2D eigenvalue weighted by atomic mass is 19.4. The highest BCUT2D eigenvalue weighted by Gasteiger charge is 2.37. The maximum absolute atomic E-state index is 13.2. The summed E-state index contributed by atoms with van der Waals surface area (Å²) in [4.78, 5) is 19.0. The van der Waals surface area contributed by atoms with Gasteiger partial charge in [-0.1, -0.05) is 31.4 Å². The summed E-state index contributed by atoms with van der Waals surface area (Å²) < 4.78 is 80.8. The number of carbonyl (C=O) groups is 1. The number of rotatable bonds is 3. The van der Waals surface area contributed by atoms with Crippen LogP contribution in [0.15, 0.2) is 55.0 Å². The van der Waals surface area contributed by atoms with Gasteiger partial charge in [-0.2, -0.15) is 26.3 Å². The zero-order valence-electron chi connectivity index (χ0n) is 18.7. The number of imidazole rings is 1. The van der Waals surface area contributed by atoms with Gasteiger partial charge >= 0.3 is 12.4 Å². The first-order chi connectivity index (χ1) is 16.5. The molecule has 0 unspecified atom stereocenters. The van der Waals surface area contributed by atoms with Crippen molar-refractivity contribution >= 4 is 5.91 Å². The van der Waals surface area contributed by atoms with E-state index in [0.29, 0.717) is 36.6 Å². The first-order valence-corrected chi connectivity index (χ1v) is 11.3. The van der Waals surface area contributed by atoms with E-state index in [1.54, 1.807) is 9.47 Å². The fourth-order valence-electron chi connectivity index (χ4n) is 4.21. The van der Waals surface area contributed by atoms with Gasteiger partial charge in [-0.15, -0.1) is 0 Å². The van der Waals surface area contributed by atoms with Crippen molar-refractivity contribution in [3.05, 3.63) is 71.8 Å². The number of aromatic nitrogens is 2. The number of halogens is 6. The van der Waals surface area contributed by atoms with Gasteiger partial charge in [0.15, 0.2) is 0 Å². The molecule has 3 aromatic rings. The van der Waals surface area contributed by atoms with E-state index in [2.05, 4.69) is 4.98 Å². The maximum atomic E-state index is 13.2. The van der Waals surface area contributed by atoms with Gasteiger partial charge in [0.05, 0.1) is 23.7 Å².